The van der Waals surface area contributed by atoms with Crippen molar-refractivity contribution in [1.29, 1.82) is 0 Å². The summed E-state index contributed by atoms with van der Waals surface area (Å²) in [5, 5.41) is 9.78. The van der Waals surface area contributed by atoms with Crippen LogP contribution in [0.4, 0.5) is 0 Å². The molecule has 0 bridgehead atoms. The number of nitrogens with one attached hydrogen (secondary N) is 2. The molecule has 0 aliphatic carbocycles. The molecule has 2 heterocycles. The van der Waals surface area contributed by atoms with Crippen LogP contribution in [0.1, 0.15) is 20.3 Å². The summed E-state index contributed by atoms with van der Waals surface area (Å²) in [5.74, 6) is 0.806. The van der Waals surface area contributed by atoms with Crippen LogP contribution in [0.3, 0.4) is 0 Å². The fraction of sp³-hybridized carbons (Fsp3) is 0.385. The van der Waals surface area contributed by atoms with Crippen LogP contribution >= 0.6 is 22.7 Å². The van der Waals surface area contributed by atoms with Gasteiger partial charge in [-0.25, -0.2) is 4.98 Å². The van der Waals surface area contributed by atoms with E-state index in [2.05, 4.69) is 45.9 Å². The second-order valence-electron chi connectivity index (χ2n) is 4.17. The first-order chi connectivity index (χ1) is 9.19. The number of aliphatic imine (C=N–C) groups is 1. The quantitative estimate of drug-likeness (QED) is 0.673. The lowest BCUT2D eigenvalue weighted by atomic mass is 10.3. The highest BCUT2D eigenvalue weighted by Gasteiger charge is 2.03. The van der Waals surface area contributed by atoms with Crippen molar-refractivity contribution < 1.29 is 0 Å². The number of guanidine groups is 1. The molecule has 0 amide bonds. The van der Waals surface area contributed by atoms with E-state index >= 15 is 0 Å². The van der Waals surface area contributed by atoms with Gasteiger partial charge in [-0.3, -0.25) is 4.99 Å². The van der Waals surface area contributed by atoms with Crippen LogP contribution in [0.15, 0.2) is 22.6 Å². The maximum absolute atomic E-state index is 4.32. The molecule has 2 rings (SSSR count). The van der Waals surface area contributed by atoms with Gasteiger partial charge in [-0.15, -0.1) is 22.7 Å². The first-order valence-electron chi connectivity index (χ1n) is 6.08. The topological polar surface area (TPSA) is 49.3 Å². The van der Waals surface area contributed by atoms with Crippen LogP contribution in [-0.2, 0) is 13.1 Å². The largest absolute Gasteiger partial charge is 0.352 e. The van der Waals surface area contributed by atoms with Crippen molar-refractivity contribution in [3.8, 4) is 0 Å². The maximum Gasteiger partial charge on any atom is 0.191 e. The lowest BCUT2D eigenvalue weighted by Gasteiger charge is -2.10. The highest BCUT2D eigenvalue weighted by molar-refractivity contribution is 7.11. The highest BCUT2D eigenvalue weighted by Crippen LogP contribution is 2.14. The molecule has 0 unspecified atom stereocenters. The highest BCUT2D eigenvalue weighted by atomic mass is 32.1. The van der Waals surface area contributed by atoms with E-state index in [1.54, 1.807) is 29.7 Å². The molecular weight excluding hydrogens is 276 g/mol. The zero-order valence-electron chi connectivity index (χ0n) is 11.4. The van der Waals surface area contributed by atoms with E-state index in [0.717, 1.165) is 17.5 Å². The summed E-state index contributed by atoms with van der Waals surface area (Å²) in [6.07, 6.45) is 1.90. The predicted molar refractivity (Wildman–Crippen MR) is 82.9 cm³/mol. The minimum Gasteiger partial charge on any atom is -0.352 e. The first-order valence-corrected chi connectivity index (χ1v) is 7.77. The summed E-state index contributed by atoms with van der Waals surface area (Å²) < 4.78 is 0. The molecular formula is C13H18N4S2. The van der Waals surface area contributed by atoms with Gasteiger partial charge >= 0.3 is 0 Å². The molecule has 19 heavy (non-hydrogen) atoms. The lowest BCUT2D eigenvalue weighted by Crippen LogP contribution is -2.36. The molecule has 0 aromatic carbocycles. The number of hydrogen-bond donors (Lipinski definition) is 2. The predicted octanol–water partition coefficient (Wildman–Crippen LogP) is 2.69. The van der Waals surface area contributed by atoms with Crippen LogP contribution in [0.2, 0.25) is 0 Å². The Morgan fingerprint density at radius 2 is 2.11 bits per heavy atom. The fourth-order valence-electron chi connectivity index (χ4n) is 1.61. The Labute approximate surface area is 121 Å². The van der Waals surface area contributed by atoms with E-state index in [-0.39, 0.29) is 0 Å². The number of aryl methyl sites for hydroxylation is 2. The Kier molecular flexibility index (Phi) is 4.93. The smallest absolute Gasteiger partial charge is 0.191 e. The van der Waals surface area contributed by atoms with E-state index in [1.807, 2.05) is 6.20 Å². The summed E-state index contributed by atoms with van der Waals surface area (Å²) in [5.41, 5.74) is 1.32. The van der Waals surface area contributed by atoms with Gasteiger partial charge in [0.25, 0.3) is 0 Å². The number of rotatable bonds is 4. The van der Waals surface area contributed by atoms with Gasteiger partial charge in [0, 0.05) is 23.0 Å². The molecule has 0 spiro atoms. The van der Waals surface area contributed by atoms with Crippen molar-refractivity contribution >= 4 is 28.6 Å². The SMILES string of the molecule is CN=C(NCc1ncc(C)s1)NCc1sccc1C. The van der Waals surface area contributed by atoms with Gasteiger partial charge in [0.1, 0.15) is 5.01 Å². The van der Waals surface area contributed by atoms with Crippen LogP contribution in [0.25, 0.3) is 0 Å². The third-order valence-electron chi connectivity index (χ3n) is 2.68. The standard InChI is InChI=1S/C13H18N4S2/c1-9-4-5-18-11(9)7-16-13(14-3)17-8-12-15-6-10(2)19-12/h4-6H,7-8H2,1-3H3,(H2,14,16,17). The fourth-order valence-corrected chi connectivity index (χ4v) is 3.18. The summed E-state index contributed by atoms with van der Waals surface area (Å²) >= 11 is 3.47. The zero-order valence-corrected chi connectivity index (χ0v) is 13.0. The molecule has 2 N–H and O–H groups in total. The Morgan fingerprint density at radius 1 is 1.32 bits per heavy atom. The van der Waals surface area contributed by atoms with Crippen molar-refractivity contribution in [2.75, 3.05) is 7.05 Å². The molecule has 0 fully saturated rings. The molecule has 2 aromatic heterocycles. The minimum atomic E-state index is 0.710. The molecule has 102 valence electrons. The zero-order chi connectivity index (χ0) is 13.7. The number of hydrogen-bond acceptors (Lipinski definition) is 4. The van der Waals surface area contributed by atoms with E-state index in [9.17, 15) is 0 Å². The Morgan fingerprint density at radius 3 is 2.68 bits per heavy atom. The molecule has 0 saturated heterocycles. The van der Waals surface area contributed by atoms with Crippen molar-refractivity contribution in [3.05, 3.63) is 38.0 Å². The van der Waals surface area contributed by atoms with Crippen LogP contribution in [0.5, 0.6) is 0 Å². The Bertz CT molecular complexity index is 556. The van der Waals surface area contributed by atoms with Gasteiger partial charge in [-0.1, -0.05) is 0 Å². The van der Waals surface area contributed by atoms with Gasteiger partial charge in [0.2, 0.25) is 0 Å². The van der Waals surface area contributed by atoms with E-state index < -0.39 is 0 Å². The van der Waals surface area contributed by atoms with Gasteiger partial charge in [-0.2, -0.15) is 0 Å². The summed E-state index contributed by atoms with van der Waals surface area (Å²) in [6.45, 7) is 5.71. The molecule has 0 radical (unpaired) electrons. The van der Waals surface area contributed by atoms with E-state index in [4.69, 9.17) is 0 Å². The minimum absolute atomic E-state index is 0.710. The molecule has 0 saturated carbocycles. The Hall–Kier alpha value is -1.40. The molecule has 0 aliphatic heterocycles. The Balaban J connectivity index is 1.82. The molecule has 6 heteroatoms. The first kappa shape index (κ1) is 14.0. The van der Waals surface area contributed by atoms with Crippen LogP contribution in [-0.4, -0.2) is 18.0 Å². The number of nitrogens with zero attached hydrogens (tertiary/aromatic N) is 2. The summed E-state index contributed by atoms with van der Waals surface area (Å²) in [4.78, 5) is 11.1. The van der Waals surface area contributed by atoms with Crippen molar-refractivity contribution in [1.82, 2.24) is 15.6 Å². The van der Waals surface area contributed by atoms with Crippen LogP contribution in [0, 0.1) is 13.8 Å². The third kappa shape index (κ3) is 4.04. The maximum atomic E-state index is 4.32. The number of thiophene rings is 1. The van der Waals surface area contributed by atoms with Crippen LogP contribution < -0.4 is 10.6 Å². The van der Waals surface area contributed by atoms with Crippen molar-refractivity contribution in [3.63, 3.8) is 0 Å². The van der Waals surface area contributed by atoms with Gasteiger partial charge < -0.3 is 10.6 Å². The third-order valence-corrected chi connectivity index (χ3v) is 4.62. The molecule has 2 aromatic rings. The van der Waals surface area contributed by atoms with E-state index in [0.29, 0.717) is 6.54 Å². The monoisotopic (exact) mass is 294 g/mol. The van der Waals surface area contributed by atoms with Crippen molar-refractivity contribution in [2.24, 2.45) is 4.99 Å². The van der Waals surface area contributed by atoms with Gasteiger partial charge in [0.15, 0.2) is 5.96 Å². The second-order valence-corrected chi connectivity index (χ2v) is 6.49. The number of aromatic nitrogens is 1. The number of thiazole rings is 1. The lowest BCUT2D eigenvalue weighted by molar-refractivity contribution is 0.809. The molecule has 4 nitrogen and oxygen atoms in total. The normalized spacial score (nSPS) is 11.6. The second kappa shape index (κ2) is 6.68. The summed E-state index contributed by atoms with van der Waals surface area (Å²) in [6, 6.07) is 2.14. The summed E-state index contributed by atoms with van der Waals surface area (Å²) in [7, 11) is 1.78. The van der Waals surface area contributed by atoms with Gasteiger partial charge in [-0.05, 0) is 30.9 Å². The van der Waals surface area contributed by atoms with Crippen molar-refractivity contribution in [2.45, 2.75) is 26.9 Å². The average Bonchev–Trinajstić information content (AvgIpc) is 2.99. The molecule has 0 aliphatic rings. The van der Waals surface area contributed by atoms with Gasteiger partial charge in [0.05, 0.1) is 13.1 Å². The molecule has 0 atom stereocenters. The average molecular weight is 294 g/mol. The van der Waals surface area contributed by atoms with E-state index in [1.165, 1.54) is 15.3 Å².